The second-order valence-corrected chi connectivity index (χ2v) is 7.32. The van der Waals surface area contributed by atoms with Crippen molar-refractivity contribution in [3.05, 3.63) is 48.0 Å². The molecule has 2 aromatic rings. The number of aliphatic hydroxyl groups excluding tert-OH is 1. The highest BCUT2D eigenvalue weighted by atomic mass is 35.5. The molecule has 2 aromatic carbocycles. The first kappa shape index (κ1) is 28.1. The lowest BCUT2D eigenvalue weighted by Crippen LogP contribution is -2.49. The van der Waals surface area contributed by atoms with Crippen LogP contribution in [0.15, 0.2) is 42.5 Å². The number of β-amino-alcohol motifs (C(OH)–C–C–N with tert-alkyl or cyclic N) is 1. The molecule has 0 amide bonds. The Kier molecular flexibility index (Phi) is 12.6. The van der Waals surface area contributed by atoms with Crippen LogP contribution >= 0.6 is 24.8 Å². The number of benzene rings is 2. The number of aliphatic hydroxyl groups is 1. The molecule has 180 valence electrons. The summed E-state index contributed by atoms with van der Waals surface area (Å²) in [6.45, 7) is 4.90. The number of piperazine rings is 1. The van der Waals surface area contributed by atoms with Gasteiger partial charge in [-0.15, -0.1) is 24.8 Å². The molecule has 32 heavy (non-hydrogen) atoms. The molecule has 0 spiro atoms. The molecule has 3 rings (SSSR count). The number of rotatable bonds is 10. The average Bonchev–Trinajstić information content (AvgIpc) is 2.79. The molecule has 7 nitrogen and oxygen atoms in total. The zero-order valence-electron chi connectivity index (χ0n) is 18.9. The Morgan fingerprint density at radius 2 is 1.50 bits per heavy atom. The summed E-state index contributed by atoms with van der Waals surface area (Å²) in [5.74, 6) is 2.26. The van der Waals surface area contributed by atoms with Crippen LogP contribution in [0, 0.1) is 0 Å². The summed E-state index contributed by atoms with van der Waals surface area (Å²) in [6, 6.07) is 13.8. The molecule has 1 aliphatic heterocycles. The molecule has 1 N–H and O–H groups in total. The largest absolute Gasteiger partial charge is 0.495 e. The number of nitrogens with zero attached hydrogens (tertiary/aromatic N) is 2. The summed E-state index contributed by atoms with van der Waals surface area (Å²) >= 11 is 0. The van der Waals surface area contributed by atoms with Crippen molar-refractivity contribution in [3.63, 3.8) is 0 Å². The van der Waals surface area contributed by atoms with Crippen molar-refractivity contribution in [1.29, 1.82) is 0 Å². The Morgan fingerprint density at radius 3 is 2.16 bits per heavy atom. The van der Waals surface area contributed by atoms with Gasteiger partial charge in [-0.05, 0) is 29.8 Å². The van der Waals surface area contributed by atoms with Crippen LogP contribution in [0.3, 0.4) is 0 Å². The van der Waals surface area contributed by atoms with Crippen LogP contribution in [0.5, 0.6) is 17.2 Å². The minimum absolute atomic E-state index is 0. The van der Waals surface area contributed by atoms with E-state index in [1.165, 1.54) is 0 Å². The molecule has 1 atom stereocenters. The number of para-hydroxylation sites is 2. The number of hydrogen-bond donors (Lipinski definition) is 1. The summed E-state index contributed by atoms with van der Waals surface area (Å²) in [5.41, 5.74) is 2.10. The van der Waals surface area contributed by atoms with E-state index in [0.29, 0.717) is 31.3 Å². The second kappa shape index (κ2) is 14.3. The lowest BCUT2D eigenvalue weighted by Gasteiger charge is -2.37. The van der Waals surface area contributed by atoms with Gasteiger partial charge < -0.3 is 29.0 Å². The maximum atomic E-state index is 10.4. The summed E-state index contributed by atoms with van der Waals surface area (Å²) in [7, 11) is 4.92. The van der Waals surface area contributed by atoms with E-state index in [1.807, 2.05) is 36.4 Å². The van der Waals surface area contributed by atoms with E-state index in [4.69, 9.17) is 18.9 Å². The molecule has 0 aromatic heterocycles. The van der Waals surface area contributed by atoms with Crippen LogP contribution in [0.2, 0.25) is 0 Å². The van der Waals surface area contributed by atoms with Gasteiger partial charge in [-0.2, -0.15) is 0 Å². The molecule has 0 saturated carbocycles. The van der Waals surface area contributed by atoms with Crippen molar-refractivity contribution in [2.45, 2.75) is 12.7 Å². The van der Waals surface area contributed by atoms with Gasteiger partial charge in [-0.1, -0.05) is 18.2 Å². The Hall–Kier alpha value is -1.90. The molecule has 0 radical (unpaired) electrons. The fourth-order valence-corrected chi connectivity index (χ4v) is 3.70. The first-order chi connectivity index (χ1) is 14.6. The topological polar surface area (TPSA) is 63.6 Å². The fourth-order valence-electron chi connectivity index (χ4n) is 3.70. The summed E-state index contributed by atoms with van der Waals surface area (Å²) in [4.78, 5) is 4.60. The molecule has 1 saturated heterocycles. The Balaban J connectivity index is 0.00000256. The maximum absolute atomic E-state index is 10.4. The molecular formula is C23H34Cl2N2O5. The van der Waals surface area contributed by atoms with Crippen molar-refractivity contribution >= 4 is 30.5 Å². The van der Waals surface area contributed by atoms with Crippen LogP contribution in [-0.2, 0) is 11.3 Å². The first-order valence-corrected chi connectivity index (χ1v) is 10.2. The fraction of sp³-hybridized carbons (Fsp3) is 0.478. The van der Waals surface area contributed by atoms with Crippen LogP contribution in [0.4, 0.5) is 5.69 Å². The van der Waals surface area contributed by atoms with E-state index in [2.05, 4.69) is 15.9 Å². The average molecular weight is 489 g/mol. The molecule has 0 aliphatic carbocycles. The van der Waals surface area contributed by atoms with Gasteiger partial charge in [0.15, 0.2) is 11.5 Å². The third-order valence-corrected chi connectivity index (χ3v) is 5.29. The smallest absolute Gasteiger partial charge is 0.161 e. The molecule has 9 heteroatoms. The van der Waals surface area contributed by atoms with Gasteiger partial charge in [0.25, 0.3) is 0 Å². The third kappa shape index (κ3) is 7.60. The summed E-state index contributed by atoms with van der Waals surface area (Å²) in [5, 5.41) is 10.4. The molecule has 1 aliphatic rings. The van der Waals surface area contributed by atoms with Gasteiger partial charge in [0, 0.05) is 32.7 Å². The van der Waals surface area contributed by atoms with Gasteiger partial charge in [0.05, 0.1) is 46.3 Å². The quantitative estimate of drug-likeness (QED) is 0.550. The normalized spacial score (nSPS) is 14.7. The van der Waals surface area contributed by atoms with Crippen LogP contribution in [-0.4, -0.2) is 76.8 Å². The zero-order valence-corrected chi connectivity index (χ0v) is 20.5. The van der Waals surface area contributed by atoms with Gasteiger partial charge in [-0.25, -0.2) is 0 Å². The Bertz CT molecular complexity index is 804. The van der Waals surface area contributed by atoms with Gasteiger partial charge in [0.2, 0.25) is 0 Å². The van der Waals surface area contributed by atoms with Crippen molar-refractivity contribution in [1.82, 2.24) is 4.90 Å². The highest BCUT2D eigenvalue weighted by molar-refractivity contribution is 5.85. The van der Waals surface area contributed by atoms with E-state index >= 15 is 0 Å². The lowest BCUT2D eigenvalue weighted by molar-refractivity contribution is 0.00908. The highest BCUT2D eigenvalue weighted by Gasteiger charge is 2.21. The standard InChI is InChI=1S/C23H32N2O5.2ClH/c1-27-21-7-5-4-6-20(21)25-12-10-24(11-13-25)15-19(26)17-30-16-18-8-9-22(28-2)23(14-18)29-3;;/h4-9,14,19,26H,10-13,15-17H2,1-3H3;2*1H. The maximum Gasteiger partial charge on any atom is 0.161 e. The summed E-state index contributed by atoms with van der Waals surface area (Å²) < 4.78 is 21.7. The SMILES string of the molecule is COc1ccc(COCC(O)CN2CCN(c3ccccc3OC)CC2)cc1OC.Cl.Cl. The summed E-state index contributed by atoms with van der Waals surface area (Å²) in [6.07, 6.45) is -0.525. The predicted octanol–water partition coefficient (Wildman–Crippen LogP) is 3.26. The lowest BCUT2D eigenvalue weighted by atomic mass is 10.2. The highest BCUT2D eigenvalue weighted by Crippen LogP contribution is 2.29. The van der Waals surface area contributed by atoms with Gasteiger partial charge in [0.1, 0.15) is 5.75 Å². The number of halogens is 2. The van der Waals surface area contributed by atoms with Crippen LogP contribution in [0.25, 0.3) is 0 Å². The molecular weight excluding hydrogens is 455 g/mol. The Morgan fingerprint density at radius 1 is 0.844 bits per heavy atom. The van der Waals surface area contributed by atoms with Crippen molar-refractivity contribution < 1.29 is 24.1 Å². The molecule has 1 unspecified atom stereocenters. The predicted molar refractivity (Wildman–Crippen MR) is 131 cm³/mol. The van der Waals surface area contributed by atoms with E-state index < -0.39 is 6.10 Å². The minimum atomic E-state index is -0.525. The van der Waals surface area contributed by atoms with Crippen molar-refractivity contribution in [2.75, 3.05) is 65.6 Å². The second-order valence-electron chi connectivity index (χ2n) is 7.32. The van der Waals surface area contributed by atoms with Crippen LogP contribution in [0.1, 0.15) is 5.56 Å². The molecule has 1 fully saturated rings. The van der Waals surface area contributed by atoms with Gasteiger partial charge in [-0.3, -0.25) is 4.90 Å². The number of methoxy groups -OCH3 is 3. The van der Waals surface area contributed by atoms with Crippen molar-refractivity contribution in [3.8, 4) is 17.2 Å². The third-order valence-electron chi connectivity index (χ3n) is 5.29. The Labute approximate surface area is 203 Å². The van der Waals surface area contributed by atoms with Gasteiger partial charge >= 0.3 is 0 Å². The van der Waals surface area contributed by atoms with E-state index in [9.17, 15) is 5.11 Å². The first-order valence-electron chi connectivity index (χ1n) is 10.2. The van der Waals surface area contributed by atoms with E-state index in [-0.39, 0.29) is 24.8 Å². The monoisotopic (exact) mass is 488 g/mol. The van der Waals surface area contributed by atoms with Crippen molar-refractivity contribution in [2.24, 2.45) is 0 Å². The molecule has 0 bridgehead atoms. The van der Waals surface area contributed by atoms with Crippen LogP contribution < -0.4 is 19.1 Å². The number of anilines is 1. The van der Waals surface area contributed by atoms with E-state index in [1.54, 1.807) is 21.3 Å². The zero-order chi connectivity index (χ0) is 21.3. The molecule has 1 heterocycles. The number of ether oxygens (including phenoxy) is 4. The minimum Gasteiger partial charge on any atom is -0.495 e. The van der Waals surface area contributed by atoms with E-state index in [0.717, 1.165) is 43.2 Å². The number of hydrogen-bond acceptors (Lipinski definition) is 7.